The highest BCUT2D eigenvalue weighted by Crippen LogP contribution is 2.28. The Labute approximate surface area is 89.4 Å². The van der Waals surface area contributed by atoms with Gasteiger partial charge in [0.2, 0.25) is 0 Å². The topological polar surface area (TPSA) is 56.0 Å². The largest absolute Gasteiger partial charge is 0.507 e. The van der Waals surface area contributed by atoms with Crippen molar-refractivity contribution < 1.29 is 5.11 Å². The van der Waals surface area contributed by atoms with Gasteiger partial charge in [-0.25, -0.2) is 0 Å². The molecule has 0 unspecified atom stereocenters. The molecule has 2 rings (SSSR count). The summed E-state index contributed by atoms with van der Waals surface area (Å²) >= 11 is 0. The molecule has 0 amide bonds. The average molecular weight is 202 g/mol. The van der Waals surface area contributed by atoms with Crippen LogP contribution in [0.2, 0.25) is 0 Å². The van der Waals surface area contributed by atoms with Crippen LogP contribution in [0, 0.1) is 11.3 Å². The molecule has 1 heterocycles. The van der Waals surface area contributed by atoms with Crippen LogP contribution in [0.4, 0.5) is 0 Å². The number of phenolic OH excluding ortho intramolecular Hbond substituents is 1. The van der Waals surface area contributed by atoms with Crippen LogP contribution in [0.1, 0.15) is 29.9 Å². The minimum atomic E-state index is 0.0789. The number of hydrogen-bond donors (Lipinski definition) is 2. The Morgan fingerprint density at radius 2 is 2.07 bits per heavy atom. The van der Waals surface area contributed by atoms with E-state index in [-0.39, 0.29) is 5.75 Å². The molecule has 3 nitrogen and oxygen atoms in total. The first kappa shape index (κ1) is 10.0. The van der Waals surface area contributed by atoms with E-state index in [4.69, 9.17) is 5.26 Å². The molecule has 1 aliphatic rings. The Morgan fingerprint density at radius 1 is 1.33 bits per heavy atom. The van der Waals surface area contributed by atoms with Gasteiger partial charge in [-0.3, -0.25) is 0 Å². The van der Waals surface area contributed by atoms with Crippen LogP contribution in [0.5, 0.6) is 5.75 Å². The van der Waals surface area contributed by atoms with Crippen molar-refractivity contribution in [2.24, 2.45) is 0 Å². The summed E-state index contributed by atoms with van der Waals surface area (Å²) in [6.07, 6.45) is 2.21. The molecule has 1 fully saturated rings. The molecular weight excluding hydrogens is 188 g/mol. The maximum absolute atomic E-state index is 9.40. The first-order valence-electron chi connectivity index (χ1n) is 5.25. The summed E-state index contributed by atoms with van der Waals surface area (Å²) < 4.78 is 0. The Morgan fingerprint density at radius 3 is 2.73 bits per heavy atom. The molecule has 2 N–H and O–H groups in total. The minimum Gasteiger partial charge on any atom is -0.507 e. The first-order chi connectivity index (χ1) is 7.31. The molecule has 0 atom stereocenters. The van der Waals surface area contributed by atoms with Gasteiger partial charge in [-0.1, -0.05) is 6.07 Å². The van der Waals surface area contributed by atoms with Gasteiger partial charge in [-0.2, -0.15) is 5.26 Å². The van der Waals surface area contributed by atoms with Gasteiger partial charge in [-0.05, 0) is 49.5 Å². The molecule has 3 heteroatoms. The van der Waals surface area contributed by atoms with E-state index in [1.165, 1.54) is 5.56 Å². The zero-order valence-electron chi connectivity index (χ0n) is 8.53. The molecule has 0 radical (unpaired) electrons. The summed E-state index contributed by atoms with van der Waals surface area (Å²) in [7, 11) is 0. The summed E-state index contributed by atoms with van der Waals surface area (Å²) in [5, 5.41) is 21.5. The molecule has 0 aliphatic carbocycles. The Hall–Kier alpha value is -1.53. The molecule has 0 aromatic heterocycles. The van der Waals surface area contributed by atoms with Gasteiger partial charge in [-0.15, -0.1) is 0 Å². The molecule has 1 aliphatic heterocycles. The second-order valence-electron chi connectivity index (χ2n) is 3.91. The average Bonchev–Trinajstić information content (AvgIpc) is 2.31. The normalized spacial score (nSPS) is 17.3. The zero-order chi connectivity index (χ0) is 10.7. The molecular formula is C12H14N2O. The van der Waals surface area contributed by atoms with Crippen molar-refractivity contribution in [2.75, 3.05) is 13.1 Å². The number of phenols is 1. The lowest BCUT2D eigenvalue weighted by atomic mass is 9.89. The standard InChI is InChI=1S/C12H14N2O/c13-8-11-7-10(1-2-12(11)15)9-3-5-14-6-4-9/h1-2,7,9,14-15H,3-6H2. The van der Waals surface area contributed by atoms with Crippen molar-refractivity contribution in [3.05, 3.63) is 29.3 Å². The minimum absolute atomic E-state index is 0.0789. The third kappa shape index (κ3) is 2.11. The molecule has 0 bridgehead atoms. The van der Waals surface area contributed by atoms with Crippen LogP contribution in [0.15, 0.2) is 18.2 Å². The fraction of sp³-hybridized carbons (Fsp3) is 0.417. The predicted molar refractivity (Wildman–Crippen MR) is 57.7 cm³/mol. The van der Waals surface area contributed by atoms with Crippen molar-refractivity contribution in [3.8, 4) is 11.8 Å². The van der Waals surface area contributed by atoms with E-state index in [1.807, 2.05) is 18.2 Å². The summed E-state index contributed by atoms with van der Waals surface area (Å²) in [6, 6.07) is 7.36. The zero-order valence-corrected chi connectivity index (χ0v) is 8.53. The van der Waals surface area contributed by atoms with Gasteiger partial charge in [0, 0.05) is 0 Å². The molecule has 1 aromatic rings. The summed E-state index contributed by atoms with van der Waals surface area (Å²) in [5.74, 6) is 0.606. The third-order valence-corrected chi connectivity index (χ3v) is 2.95. The number of rotatable bonds is 1. The summed E-state index contributed by atoms with van der Waals surface area (Å²) in [5.41, 5.74) is 1.55. The van der Waals surface area contributed by atoms with Crippen LogP contribution < -0.4 is 5.32 Å². The fourth-order valence-electron chi connectivity index (χ4n) is 2.05. The van der Waals surface area contributed by atoms with E-state index in [9.17, 15) is 5.11 Å². The molecule has 1 aromatic carbocycles. The van der Waals surface area contributed by atoms with Crippen LogP contribution in [-0.2, 0) is 0 Å². The maximum Gasteiger partial charge on any atom is 0.133 e. The summed E-state index contributed by atoms with van der Waals surface area (Å²) in [6.45, 7) is 2.07. The van der Waals surface area contributed by atoms with E-state index >= 15 is 0 Å². The number of benzene rings is 1. The van der Waals surface area contributed by atoms with Gasteiger partial charge in [0.25, 0.3) is 0 Å². The number of hydrogen-bond acceptors (Lipinski definition) is 3. The van der Waals surface area contributed by atoms with E-state index in [0.717, 1.165) is 25.9 Å². The van der Waals surface area contributed by atoms with E-state index in [0.29, 0.717) is 11.5 Å². The van der Waals surface area contributed by atoms with E-state index in [2.05, 4.69) is 5.32 Å². The number of nitrogens with zero attached hydrogens (tertiary/aromatic N) is 1. The summed E-state index contributed by atoms with van der Waals surface area (Å²) in [4.78, 5) is 0. The van der Waals surface area contributed by atoms with Crippen LogP contribution in [0.25, 0.3) is 0 Å². The first-order valence-corrected chi connectivity index (χ1v) is 5.25. The number of nitrogens with one attached hydrogen (secondary N) is 1. The monoisotopic (exact) mass is 202 g/mol. The van der Waals surface area contributed by atoms with Crippen molar-refractivity contribution in [1.29, 1.82) is 5.26 Å². The highest BCUT2D eigenvalue weighted by atomic mass is 16.3. The van der Waals surface area contributed by atoms with Gasteiger partial charge >= 0.3 is 0 Å². The smallest absolute Gasteiger partial charge is 0.133 e. The quantitative estimate of drug-likeness (QED) is 0.729. The molecule has 0 saturated carbocycles. The SMILES string of the molecule is N#Cc1cc(C2CCNCC2)ccc1O. The fourth-order valence-corrected chi connectivity index (χ4v) is 2.05. The van der Waals surface area contributed by atoms with Crippen LogP contribution in [0.3, 0.4) is 0 Å². The van der Waals surface area contributed by atoms with E-state index in [1.54, 1.807) is 6.07 Å². The Balaban J connectivity index is 2.25. The van der Waals surface area contributed by atoms with Crippen molar-refractivity contribution in [3.63, 3.8) is 0 Å². The predicted octanol–water partition coefficient (Wildman–Crippen LogP) is 1.73. The lowest BCUT2D eigenvalue weighted by Crippen LogP contribution is -2.26. The lowest BCUT2D eigenvalue weighted by molar-refractivity contribution is 0.456. The molecule has 15 heavy (non-hydrogen) atoms. The molecule has 0 spiro atoms. The maximum atomic E-state index is 9.40. The second kappa shape index (κ2) is 4.33. The highest BCUT2D eigenvalue weighted by molar-refractivity contribution is 5.45. The third-order valence-electron chi connectivity index (χ3n) is 2.95. The number of aromatic hydroxyl groups is 1. The molecule has 1 saturated heterocycles. The van der Waals surface area contributed by atoms with Crippen molar-refractivity contribution >= 4 is 0 Å². The lowest BCUT2D eigenvalue weighted by Gasteiger charge is -2.23. The second-order valence-corrected chi connectivity index (χ2v) is 3.91. The van der Waals surface area contributed by atoms with Gasteiger partial charge in [0.05, 0.1) is 5.56 Å². The van der Waals surface area contributed by atoms with E-state index < -0.39 is 0 Å². The van der Waals surface area contributed by atoms with Crippen LogP contribution >= 0.6 is 0 Å². The van der Waals surface area contributed by atoms with Crippen molar-refractivity contribution in [1.82, 2.24) is 5.32 Å². The van der Waals surface area contributed by atoms with Crippen LogP contribution in [-0.4, -0.2) is 18.2 Å². The highest BCUT2D eigenvalue weighted by Gasteiger charge is 2.16. The number of piperidine rings is 1. The number of nitriles is 1. The Bertz CT molecular complexity index is 389. The van der Waals surface area contributed by atoms with Crippen molar-refractivity contribution in [2.45, 2.75) is 18.8 Å². The van der Waals surface area contributed by atoms with Gasteiger partial charge < -0.3 is 10.4 Å². The molecule has 78 valence electrons. The van der Waals surface area contributed by atoms with Gasteiger partial charge in [0.1, 0.15) is 11.8 Å². The van der Waals surface area contributed by atoms with Gasteiger partial charge in [0.15, 0.2) is 0 Å². The Kier molecular flexibility index (Phi) is 2.89.